The highest BCUT2D eigenvalue weighted by atomic mass is 35.5. The summed E-state index contributed by atoms with van der Waals surface area (Å²) in [5, 5.41) is 0.424. The lowest BCUT2D eigenvalue weighted by Gasteiger charge is -2.35. The van der Waals surface area contributed by atoms with Crippen LogP contribution in [0.25, 0.3) is 0 Å². The van der Waals surface area contributed by atoms with E-state index in [-0.39, 0.29) is 11.9 Å². The van der Waals surface area contributed by atoms with Crippen LogP contribution in [0.4, 0.5) is 4.39 Å². The number of hydrogen-bond donors (Lipinski definition) is 1. The van der Waals surface area contributed by atoms with Gasteiger partial charge < -0.3 is 4.98 Å². The van der Waals surface area contributed by atoms with Crippen LogP contribution in [0.5, 0.6) is 0 Å². The van der Waals surface area contributed by atoms with E-state index in [0.29, 0.717) is 10.6 Å². The fourth-order valence-corrected chi connectivity index (χ4v) is 3.62. The molecule has 2 aromatic rings. The van der Waals surface area contributed by atoms with Gasteiger partial charge in [0.05, 0.1) is 18.1 Å². The van der Waals surface area contributed by atoms with E-state index >= 15 is 0 Å². The topological polar surface area (TPSA) is 31.9 Å². The third-order valence-electron chi connectivity index (χ3n) is 4.08. The molecule has 0 saturated carbocycles. The maximum Gasteiger partial charge on any atom is 0.129 e. The number of thioether (sulfide) groups is 1. The summed E-state index contributed by atoms with van der Waals surface area (Å²) in [4.78, 5) is 9.97. The zero-order valence-electron chi connectivity index (χ0n) is 12.5. The van der Waals surface area contributed by atoms with Gasteiger partial charge in [0.1, 0.15) is 5.82 Å². The maximum atomic E-state index is 14.4. The molecule has 1 aromatic carbocycles. The fourth-order valence-electron chi connectivity index (χ4n) is 3.05. The van der Waals surface area contributed by atoms with Crippen LogP contribution in [-0.2, 0) is 6.42 Å². The third-order valence-corrected chi connectivity index (χ3v) is 5.01. The molecule has 3 nitrogen and oxygen atoms in total. The van der Waals surface area contributed by atoms with Crippen molar-refractivity contribution < 1.29 is 4.39 Å². The van der Waals surface area contributed by atoms with Crippen LogP contribution in [0.3, 0.4) is 0 Å². The summed E-state index contributed by atoms with van der Waals surface area (Å²) in [6.45, 7) is 1.86. The molecule has 118 valence electrons. The summed E-state index contributed by atoms with van der Waals surface area (Å²) in [7, 11) is 0. The van der Waals surface area contributed by atoms with Gasteiger partial charge in [-0.2, -0.15) is 11.8 Å². The lowest BCUT2D eigenvalue weighted by atomic mass is 9.95. The number of nitrogens with one attached hydrogen (secondary N) is 1. The van der Waals surface area contributed by atoms with Gasteiger partial charge in [0.15, 0.2) is 0 Å². The molecule has 6 heteroatoms. The molecule has 0 aliphatic carbocycles. The minimum atomic E-state index is -0.261. The molecule has 0 fully saturated rings. The molecule has 1 N–H and O–H groups in total. The van der Waals surface area contributed by atoms with Gasteiger partial charge in [-0.3, -0.25) is 4.90 Å². The Labute approximate surface area is 139 Å². The Balaban J connectivity index is 1.94. The van der Waals surface area contributed by atoms with Gasteiger partial charge in [0, 0.05) is 29.2 Å². The van der Waals surface area contributed by atoms with E-state index in [1.807, 2.05) is 11.8 Å². The van der Waals surface area contributed by atoms with Crippen LogP contribution in [0, 0.1) is 5.82 Å². The van der Waals surface area contributed by atoms with Crippen LogP contribution in [0.1, 0.15) is 29.4 Å². The molecule has 22 heavy (non-hydrogen) atoms. The second-order valence-electron chi connectivity index (χ2n) is 5.47. The Morgan fingerprint density at radius 3 is 3.14 bits per heavy atom. The predicted octanol–water partition coefficient (Wildman–Crippen LogP) is 3.90. The van der Waals surface area contributed by atoms with Crippen molar-refractivity contribution in [3.8, 4) is 0 Å². The predicted molar refractivity (Wildman–Crippen MR) is 90.1 cm³/mol. The van der Waals surface area contributed by atoms with E-state index in [4.69, 9.17) is 11.6 Å². The number of halogens is 2. The molecule has 0 bridgehead atoms. The Morgan fingerprint density at radius 2 is 2.36 bits per heavy atom. The average Bonchev–Trinajstić information content (AvgIpc) is 2.96. The SMILES string of the molecule is CSCCCN1CCc2[nH]cnc2C1c1ccc(Cl)cc1F. The zero-order chi connectivity index (χ0) is 15.5. The van der Waals surface area contributed by atoms with E-state index in [1.165, 1.54) is 6.07 Å². The number of hydrogen-bond acceptors (Lipinski definition) is 3. The summed E-state index contributed by atoms with van der Waals surface area (Å²) in [6, 6.07) is 4.79. The molecule has 1 aliphatic rings. The number of fused-ring (bicyclic) bond motifs is 1. The minimum absolute atomic E-state index is 0.130. The molecule has 3 rings (SSSR count). The summed E-state index contributed by atoms with van der Waals surface area (Å²) < 4.78 is 14.4. The molecule has 0 amide bonds. The van der Waals surface area contributed by atoms with Crippen molar-refractivity contribution >= 4 is 23.4 Å². The van der Waals surface area contributed by atoms with Gasteiger partial charge in [-0.15, -0.1) is 0 Å². The Kier molecular flexibility index (Phi) is 5.06. The van der Waals surface area contributed by atoms with Crippen molar-refractivity contribution in [3.05, 3.63) is 52.3 Å². The van der Waals surface area contributed by atoms with Gasteiger partial charge >= 0.3 is 0 Å². The van der Waals surface area contributed by atoms with Gasteiger partial charge in [-0.1, -0.05) is 17.7 Å². The molecule has 1 unspecified atom stereocenters. The molecular formula is C16H19ClFN3S. The van der Waals surface area contributed by atoms with E-state index in [0.717, 1.165) is 43.1 Å². The smallest absolute Gasteiger partial charge is 0.129 e. The van der Waals surface area contributed by atoms with Gasteiger partial charge in [-0.05, 0) is 37.1 Å². The summed E-state index contributed by atoms with van der Waals surface area (Å²) in [5.74, 6) is 0.850. The molecular weight excluding hydrogens is 321 g/mol. The summed E-state index contributed by atoms with van der Waals surface area (Å²) in [5.41, 5.74) is 2.71. The first kappa shape index (κ1) is 15.8. The van der Waals surface area contributed by atoms with Crippen molar-refractivity contribution in [2.75, 3.05) is 25.1 Å². The highest BCUT2D eigenvalue weighted by molar-refractivity contribution is 7.98. The maximum absolute atomic E-state index is 14.4. The van der Waals surface area contributed by atoms with Crippen molar-refractivity contribution in [3.63, 3.8) is 0 Å². The minimum Gasteiger partial charge on any atom is -0.348 e. The highest BCUT2D eigenvalue weighted by Crippen LogP contribution is 2.35. The van der Waals surface area contributed by atoms with E-state index in [9.17, 15) is 4.39 Å². The number of imidazole rings is 1. The molecule has 1 aliphatic heterocycles. The molecule has 0 radical (unpaired) electrons. The normalized spacial score (nSPS) is 18.4. The largest absolute Gasteiger partial charge is 0.348 e. The standard InChI is InChI=1S/C16H19ClFN3S/c1-22-8-2-6-21-7-5-14-15(20-10-19-14)16(21)12-4-3-11(17)9-13(12)18/h3-4,9-10,16H,2,5-8H2,1H3,(H,19,20). The molecule has 2 heterocycles. The first-order chi connectivity index (χ1) is 10.7. The highest BCUT2D eigenvalue weighted by Gasteiger charge is 2.32. The second-order valence-corrected chi connectivity index (χ2v) is 6.89. The Morgan fingerprint density at radius 1 is 1.50 bits per heavy atom. The van der Waals surface area contributed by atoms with Crippen LogP contribution in [0.15, 0.2) is 24.5 Å². The lowest BCUT2D eigenvalue weighted by molar-refractivity contribution is 0.206. The quantitative estimate of drug-likeness (QED) is 0.838. The zero-order valence-corrected chi connectivity index (χ0v) is 14.1. The van der Waals surface area contributed by atoms with Crippen molar-refractivity contribution in [2.24, 2.45) is 0 Å². The van der Waals surface area contributed by atoms with Crippen LogP contribution in [0.2, 0.25) is 5.02 Å². The number of benzene rings is 1. The monoisotopic (exact) mass is 339 g/mol. The number of H-pyrrole nitrogens is 1. The van der Waals surface area contributed by atoms with Crippen molar-refractivity contribution in [1.82, 2.24) is 14.9 Å². The van der Waals surface area contributed by atoms with E-state index in [1.54, 1.807) is 18.5 Å². The van der Waals surface area contributed by atoms with Crippen molar-refractivity contribution in [2.45, 2.75) is 18.9 Å². The third kappa shape index (κ3) is 3.16. The Bertz CT molecular complexity index is 646. The molecule has 0 spiro atoms. The summed E-state index contributed by atoms with van der Waals surface area (Å²) in [6.07, 6.45) is 5.84. The number of nitrogens with zero attached hydrogens (tertiary/aromatic N) is 2. The fraction of sp³-hybridized carbons (Fsp3) is 0.438. The number of aromatic amines is 1. The molecule has 1 aromatic heterocycles. The van der Waals surface area contributed by atoms with E-state index < -0.39 is 0 Å². The lowest BCUT2D eigenvalue weighted by Crippen LogP contribution is -2.37. The second kappa shape index (κ2) is 7.02. The molecule has 0 saturated heterocycles. The van der Waals surface area contributed by atoms with Crippen molar-refractivity contribution in [1.29, 1.82) is 0 Å². The van der Waals surface area contributed by atoms with Crippen LogP contribution >= 0.6 is 23.4 Å². The van der Waals surface area contributed by atoms with E-state index in [2.05, 4.69) is 21.1 Å². The van der Waals surface area contributed by atoms with Gasteiger partial charge in [0.2, 0.25) is 0 Å². The number of rotatable bonds is 5. The first-order valence-electron chi connectivity index (χ1n) is 7.40. The first-order valence-corrected chi connectivity index (χ1v) is 9.18. The number of aromatic nitrogens is 2. The van der Waals surface area contributed by atoms with Crippen LogP contribution in [-0.4, -0.2) is 40.0 Å². The molecule has 1 atom stereocenters. The van der Waals surface area contributed by atoms with Gasteiger partial charge in [0.25, 0.3) is 0 Å². The Hall–Kier alpha value is -1.04. The average molecular weight is 340 g/mol. The van der Waals surface area contributed by atoms with Crippen LogP contribution < -0.4 is 0 Å². The van der Waals surface area contributed by atoms with Gasteiger partial charge in [-0.25, -0.2) is 9.37 Å². The summed E-state index contributed by atoms with van der Waals surface area (Å²) >= 11 is 7.74.